The van der Waals surface area contributed by atoms with Gasteiger partial charge < -0.3 is 35.2 Å². The molecule has 300 valence electrons. The zero-order valence-electron chi connectivity index (χ0n) is 32.9. The van der Waals surface area contributed by atoms with E-state index in [0.717, 1.165) is 42.7 Å². The van der Waals surface area contributed by atoms with Crippen LogP contribution in [0.3, 0.4) is 0 Å². The van der Waals surface area contributed by atoms with Crippen LogP contribution in [0.5, 0.6) is 5.75 Å². The largest absolute Gasteiger partial charge is 0.508 e. The number of phenolic OH excluding ortho intramolecular Hbond substituents is 1. The minimum atomic E-state index is -0.990. The molecule has 1 aromatic carbocycles. The number of methoxy groups -OCH3 is 1. The quantitative estimate of drug-likeness (QED) is 0.107. The molecule has 0 saturated carbocycles. The first kappa shape index (κ1) is 44.3. The number of benzene rings is 1. The van der Waals surface area contributed by atoms with Crippen LogP contribution < -0.4 is 10.6 Å². The number of carboxylic acid groups (broad SMARTS) is 1. The fourth-order valence-electron chi connectivity index (χ4n) is 6.79. The van der Waals surface area contributed by atoms with E-state index in [-0.39, 0.29) is 60.7 Å². The molecule has 2 aromatic rings. The van der Waals surface area contributed by atoms with Crippen molar-refractivity contribution in [2.24, 2.45) is 17.8 Å². The van der Waals surface area contributed by atoms with Crippen LogP contribution >= 0.6 is 11.3 Å². The lowest BCUT2D eigenvalue weighted by Crippen LogP contribution is -2.59. The van der Waals surface area contributed by atoms with Gasteiger partial charge in [-0.15, -0.1) is 11.3 Å². The number of aromatic hydroxyl groups is 1. The number of aliphatic carboxylic acids is 1. The predicted molar refractivity (Wildman–Crippen MR) is 205 cm³/mol. The van der Waals surface area contributed by atoms with E-state index in [9.17, 15) is 34.2 Å². The maximum atomic E-state index is 14.5. The number of phenols is 1. The number of piperidine rings is 1. The van der Waals surface area contributed by atoms with Crippen LogP contribution in [0.4, 0.5) is 0 Å². The summed E-state index contributed by atoms with van der Waals surface area (Å²) in [5.74, 6) is -3.51. The van der Waals surface area contributed by atoms with Crippen molar-refractivity contribution in [2.45, 2.75) is 117 Å². The average Bonchev–Trinajstić information content (AvgIpc) is 3.62. The Bertz CT molecular complexity index is 1550. The molecule has 1 fully saturated rings. The van der Waals surface area contributed by atoms with Crippen LogP contribution in [0, 0.1) is 17.8 Å². The van der Waals surface area contributed by atoms with Crippen molar-refractivity contribution in [3.8, 4) is 5.75 Å². The Kier molecular flexibility index (Phi) is 17.3. The van der Waals surface area contributed by atoms with Gasteiger partial charge in [0.25, 0.3) is 5.91 Å². The highest BCUT2D eigenvalue weighted by molar-refractivity contribution is 7.09. The van der Waals surface area contributed by atoms with Gasteiger partial charge in [0.05, 0.1) is 12.0 Å². The second-order valence-corrected chi connectivity index (χ2v) is 15.7. The van der Waals surface area contributed by atoms with E-state index in [1.807, 2.05) is 39.6 Å². The van der Waals surface area contributed by atoms with E-state index in [4.69, 9.17) is 9.47 Å². The van der Waals surface area contributed by atoms with Crippen LogP contribution in [0.1, 0.15) is 107 Å². The molecule has 0 spiro atoms. The van der Waals surface area contributed by atoms with E-state index < -0.39 is 48.0 Å². The number of likely N-dealkylation sites (N-methyl/N-ethyl adjacent to an activating group) is 1. The molecule has 1 saturated heterocycles. The van der Waals surface area contributed by atoms with Gasteiger partial charge in [0.1, 0.15) is 29.2 Å². The second kappa shape index (κ2) is 21.1. The van der Waals surface area contributed by atoms with Crippen molar-refractivity contribution in [2.75, 3.05) is 27.4 Å². The van der Waals surface area contributed by atoms with E-state index >= 15 is 0 Å². The number of carboxylic acids is 1. The summed E-state index contributed by atoms with van der Waals surface area (Å²) >= 11 is 1.14. The van der Waals surface area contributed by atoms with Crippen LogP contribution in [0.25, 0.3) is 0 Å². The second-order valence-electron chi connectivity index (χ2n) is 14.8. The molecule has 0 unspecified atom stereocenters. The fourth-order valence-corrected chi connectivity index (χ4v) is 7.63. The van der Waals surface area contributed by atoms with E-state index in [2.05, 4.69) is 15.6 Å². The van der Waals surface area contributed by atoms with Crippen molar-refractivity contribution >= 4 is 41.0 Å². The number of hydrogen-bond acceptors (Lipinski definition) is 11. The molecule has 3 amide bonds. The number of ether oxygens (including phenoxy) is 2. The minimum absolute atomic E-state index is 0.0662. The SMILES string of the molecule is CC[C@H](C)[C@H](NC(=O)[C@H]1CCCCN1C)C(=O)N(COC)[C@H](C[C@@H](OC(C)=O)c1nc(C(=O)N[C@@H](Cc2ccc(O)cc2)C[C@H](C)C(=O)O)cs1)C(C)C. The Morgan fingerprint density at radius 1 is 1.06 bits per heavy atom. The molecule has 15 heteroatoms. The summed E-state index contributed by atoms with van der Waals surface area (Å²) in [4.78, 5) is 73.9. The van der Waals surface area contributed by atoms with Crippen LogP contribution in [-0.4, -0.2) is 106 Å². The minimum Gasteiger partial charge on any atom is -0.508 e. The van der Waals surface area contributed by atoms with Crippen molar-refractivity contribution in [3.63, 3.8) is 0 Å². The maximum Gasteiger partial charge on any atom is 0.306 e. The van der Waals surface area contributed by atoms with Gasteiger partial charge in [0.2, 0.25) is 11.8 Å². The summed E-state index contributed by atoms with van der Waals surface area (Å²) in [6.07, 6.45) is 3.04. The molecule has 4 N–H and O–H groups in total. The van der Waals surface area contributed by atoms with E-state index in [1.165, 1.54) is 26.2 Å². The highest BCUT2D eigenvalue weighted by Crippen LogP contribution is 2.32. The average molecular weight is 774 g/mol. The molecule has 0 bridgehead atoms. The van der Waals surface area contributed by atoms with Gasteiger partial charge in [-0.3, -0.25) is 28.9 Å². The van der Waals surface area contributed by atoms with Crippen molar-refractivity contribution in [1.29, 1.82) is 0 Å². The van der Waals surface area contributed by atoms with Gasteiger partial charge in [0, 0.05) is 37.9 Å². The molecule has 7 atom stereocenters. The zero-order valence-corrected chi connectivity index (χ0v) is 33.7. The third-order valence-electron chi connectivity index (χ3n) is 10.2. The van der Waals surface area contributed by atoms with Gasteiger partial charge >= 0.3 is 11.9 Å². The lowest BCUT2D eigenvalue weighted by molar-refractivity contribution is -0.152. The standard InChI is InChI=1S/C39H59N5O9S/c1-9-24(4)34(42-36(48)31-12-10-11-17-43(31)7)38(49)44(22-52-8)32(23(2)3)20-33(53-26(6)45)37-41-30(21-54-37)35(47)40-28(18-25(5)39(50)51)19-27-13-15-29(46)16-14-27/h13-16,21,23-25,28,31-34,46H,9-12,17-20,22H2,1-8H3,(H,40,47)(H,42,48)(H,50,51)/t24-,25-,28+,31+,32+,33+,34-/m0/s1. The van der Waals surface area contributed by atoms with Gasteiger partial charge in [-0.25, -0.2) is 4.98 Å². The first-order chi connectivity index (χ1) is 25.6. The first-order valence-electron chi connectivity index (χ1n) is 18.8. The number of nitrogens with zero attached hydrogens (tertiary/aromatic N) is 3. The summed E-state index contributed by atoms with van der Waals surface area (Å²) in [6.45, 7) is 11.4. The lowest BCUT2D eigenvalue weighted by atomic mass is 9.92. The van der Waals surface area contributed by atoms with Gasteiger partial charge in [-0.2, -0.15) is 0 Å². The molecule has 54 heavy (non-hydrogen) atoms. The number of amides is 3. The summed E-state index contributed by atoms with van der Waals surface area (Å²) in [6, 6.07) is 4.27. The molecular weight excluding hydrogens is 715 g/mol. The topological polar surface area (TPSA) is 188 Å². The van der Waals surface area contributed by atoms with Crippen molar-refractivity contribution < 1.29 is 43.7 Å². The summed E-state index contributed by atoms with van der Waals surface area (Å²) in [5.41, 5.74) is 0.875. The Balaban J connectivity index is 1.88. The molecule has 1 aliphatic heterocycles. The summed E-state index contributed by atoms with van der Waals surface area (Å²) in [7, 11) is 3.42. The third kappa shape index (κ3) is 12.8. The molecule has 3 rings (SSSR count). The number of esters is 1. The van der Waals surface area contributed by atoms with Crippen LogP contribution in [-0.2, 0) is 35.1 Å². The highest BCUT2D eigenvalue weighted by atomic mass is 32.1. The van der Waals surface area contributed by atoms with Gasteiger partial charge in [0.15, 0.2) is 6.10 Å². The fraction of sp³-hybridized carbons (Fsp3) is 0.641. The molecular formula is C39H59N5O9S. The number of rotatable bonds is 20. The molecule has 1 aromatic heterocycles. The first-order valence-corrected chi connectivity index (χ1v) is 19.7. The summed E-state index contributed by atoms with van der Waals surface area (Å²) < 4.78 is 11.3. The maximum absolute atomic E-state index is 14.5. The lowest BCUT2D eigenvalue weighted by Gasteiger charge is -2.39. The Labute approximate surface area is 323 Å². The third-order valence-corrected chi connectivity index (χ3v) is 11.1. The van der Waals surface area contributed by atoms with Crippen LogP contribution in [0.15, 0.2) is 29.6 Å². The predicted octanol–water partition coefficient (Wildman–Crippen LogP) is 4.77. The van der Waals surface area contributed by atoms with Crippen molar-refractivity contribution in [1.82, 2.24) is 25.4 Å². The number of hydrogen-bond donors (Lipinski definition) is 4. The molecule has 0 aliphatic carbocycles. The van der Waals surface area contributed by atoms with Gasteiger partial charge in [-0.1, -0.05) is 59.6 Å². The molecule has 1 aliphatic rings. The number of nitrogens with one attached hydrogen (secondary N) is 2. The highest BCUT2D eigenvalue weighted by Gasteiger charge is 2.39. The zero-order chi connectivity index (χ0) is 40.1. The monoisotopic (exact) mass is 773 g/mol. The number of aromatic nitrogens is 1. The Morgan fingerprint density at radius 3 is 2.31 bits per heavy atom. The van der Waals surface area contributed by atoms with Crippen LogP contribution in [0.2, 0.25) is 0 Å². The number of likely N-dealkylation sites (tertiary alicyclic amines) is 1. The Morgan fingerprint density at radius 2 is 1.74 bits per heavy atom. The Hall–Kier alpha value is -4.08. The normalized spacial score (nSPS) is 18.1. The number of carbonyl (C=O) groups is 5. The smallest absolute Gasteiger partial charge is 0.306 e. The van der Waals surface area contributed by atoms with Crippen molar-refractivity contribution in [3.05, 3.63) is 45.9 Å². The molecule has 0 radical (unpaired) electrons. The number of thiazole rings is 1. The van der Waals surface area contributed by atoms with Gasteiger partial charge in [-0.05, 0) is 68.8 Å². The molecule has 14 nitrogen and oxygen atoms in total. The molecule has 2 heterocycles. The number of carbonyl (C=O) groups excluding carboxylic acids is 4. The summed E-state index contributed by atoms with van der Waals surface area (Å²) in [5, 5.41) is 27.1. The van der Waals surface area contributed by atoms with E-state index in [0.29, 0.717) is 17.8 Å². The van der Waals surface area contributed by atoms with E-state index in [1.54, 1.807) is 29.3 Å².